The van der Waals surface area contributed by atoms with E-state index in [2.05, 4.69) is 5.32 Å². The summed E-state index contributed by atoms with van der Waals surface area (Å²) in [5, 5.41) is 12.1. The van der Waals surface area contributed by atoms with Gasteiger partial charge in [0, 0.05) is 24.4 Å². The Morgan fingerprint density at radius 2 is 1.97 bits per heavy atom. The second-order valence-corrected chi connectivity index (χ2v) is 8.79. The van der Waals surface area contributed by atoms with Crippen molar-refractivity contribution in [3.63, 3.8) is 0 Å². The Morgan fingerprint density at radius 1 is 1.27 bits per heavy atom. The normalized spacial score (nSPS) is 14.6. The monoisotopic (exact) mass is 431 g/mol. The quantitative estimate of drug-likeness (QED) is 0.601. The Bertz CT molecular complexity index is 955. The minimum Gasteiger partial charge on any atom is -0.395 e. The molecule has 9 heteroatoms. The second-order valence-electron chi connectivity index (χ2n) is 7.69. The largest absolute Gasteiger partial charge is 0.395 e. The number of benzene rings is 1. The molecule has 1 aliphatic heterocycles. The molecule has 30 heavy (non-hydrogen) atoms. The van der Waals surface area contributed by atoms with Crippen LogP contribution in [-0.2, 0) is 33.9 Å². The van der Waals surface area contributed by atoms with Crippen molar-refractivity contribution < 1.29 is 24.2 Å². The molecule has 0 bridgehead atoms. The van der Waals surface area contributed by atoms with E-state index in [1.165, 1.54) is 16.2 Å². The Morgan fingerprint density at radius 3 is 2.60 bits per heavy atom. The molecule has 0 saturated heterocycles. The predicted molar refractivity (Wildman–Crippen MR) is 113 cm³/mol. The Kier molecular flexibility index (Phi) is 6.55. The molecule has 0 atom stereocenters. The fourth-order valence-electron chi connectivity index (χ4n) is 3.38. The summed E-state index contributed by atoms with van der Waals surface area (Å²) in [6.07, 6.45) is 0.478. The number of ether oxygens (including phenoxy) is 1. The SMILES string of the molecule is CC1(C)Cc2c(sc(NC(=O)C(=O)N(CCO)Cc3ccccc3)c2C(N)=O)CO1. The lowest BCUT2D eigenvalue weighted by Gasteiger charge is -2.30. The summed E-state index contributed by atoms with van der Waals surface area (Å²) in [5.74, 6) is -2.35. The van der Waals surface area contributed by atoms with Crippen LogP contribution < -0.4 is 11.1 Å². The summed E-state index contributed by atoms with van der Waals surface area (Å²) in [7, 11) is 0. The molecule has 4 N–H and O–H groups in total. The van der Waals surface area contributed by atoms with Crippen LogP contribution in [0.3, 0.4) is 0 Å². The van der Waals surface area contributed by atoms with E-state index < -0.39 is 23.3 Å². The summed E-state index contributed by atoms with van der Waals surface area (Å²) in [5.41, 5.74) is 6.93. The standard InChI is InChI=1S/C21H25N3O5S/c1-21(2)10-14-15(12-29-21)30-19(16(14)17(22)26)23-18(27)20(28)24(8-9-25)11-13-6-4-3-5-7-13/h3-7,25H,8-12H2,1-2H3,(H2,22,26)(H,23,27). The molecule has 160 valence electrons. The molecule has 1 aliphatic rings. The van der Waals surface area contributed by atoms with Crippen LogP contribution in [0.1, 0.15) is 40.2 Å². The Balaban J connectivity index is 1.81. The van der Waals surface area contributed by atoms with Gasteiger partial charge in [0.25, 0.3) is 5.91 Å². The molecule has 0 radical (unpaired) electrons. The molecule has 2 aromatic rings. The number of aliphatic hydroxyl groups is 1. The van der Waals surface area contributed by atoms with Crippen LogP contribution in [0.4, 0.5) is 5.00 Å². The highest BCUT2D eigenvalue weighted by Gasteiger charge is 2.34. The Labute approximate surface area is 178 Å². The molecule has 3 rings (SSSR count). The average molecular weight is 432 g/mol. The first-order valence-electron chi connectivity index (χ1n) is 9.55. The van der Waals surface area contributed by atoms with Crippen LogP contribution in [0.2, 0.25) is 0 Å². The zero-order valence-corrected chi connectivity index (χ0v) is 17.8. The molecule has 2 heterocycles. The summed E-state index contributed by atoms with van der Waals surface area (Å²) in [6, 6.07) is 9.17. The lowest BCUT2D eigenvalue weighted by Crippen LogP contribution is -2.41. The molecule has 3 amide bonds. The smallest absolute Gasteiger partial charge is 0.314 e. The van der Waals surface area contributed by atoms with Crippen molar-refractivity contribution in [2.75, 3.05) is 18.5 Å². The molecule has 0 saturated carbocycles. The molecule has 1 aromatic carbocycles. The lowest BCUT2D eigenvalue weighted by molar-refractivity contribution is -0.143. The highest BCUT2D eigenvalue weighted by molar-refractivity contribution is 7.17. The molecule has 0 unspecified atom stereocenters. The number of primary amides is 1. The maximum atomic E-state index is 12.7. The van der Waals surface area contributed by atoms with E-state index in [9.17, 15) is 19.5 Å². The number of hydrogen-bond donors (Lipinski definition) is 3. The van der Waals surface area contributed by atoms with Crippen LogP contribution in [-0.4, -0.2) is 46.5 Å². The number of nitrogens with one attached hydrogen (secondary N) is 1. The Hall–Kier alpha value is -2.75. The van der Waals surface area contributed by atoms with Crippen molar-refractivity contribution in [2.24, 2.45) is 5.73 Å². The van der Waals surface area contributed by atoms with Crippen molar-refractivity contribution in [2.45, 2.75) is 39.0 Å². The van der Waals surface area contributed by atoms with Crippen LogP contribution >= 0.6 is 11.3 Å². The number of fused-ring (bicyclic) bond motifs is 1. The number of aliphatic hydroxyl groups excluding tert-OH is 1. The minimum atomic E-state index is -0.888. The number of anilines is 1. The van der Waals surface area contributed by atoms with E-state index in [0.717, 1.165) is 16.0 Å². The van der Waals surface area contributed by atoms with E-state index in [1.54, 1.807) is 0 Å². The molecule has 0 fully saturated rings. The fourth-order valence-corrected chi connectivity index (χ4v) is 4.51. The van der Waals surface area contributed by atoms with Crippen LogP contribution in [0.25, 0.3) is 0 Å². The summed E-state index contributed by atoms with van der Waals surface area (Å²) in [4.78, 5) is 39.6. The molecule has 0 aliphatic carbocycles. The summed E-state index contributed by atoms with van der Waals surface area (Å²) < 4.78 is 5.77. The highest BCUT2D eigenvalue weighted by atomic mass is 32.1. The molecular weight excluding hydrogens is 406 g/mol. The van der Waals surface area contributed by atoms with Crippen molar-refractivity contribution in [1.29, 1.82) is 0 Å². The number of carbonyl (C=O) groups excluding carboxylic acids is 3. The van der Waals surface area contributed by atoms with Gasteiger partial charge in [-0.25, -0.2) is 0 Å². The summed E-state index contributed by atoms with van der Waals surface area (Å²) in [6.45, 7) is 4.04. The van der Waals surface area contributed by atoms with Crippen molar-refractivity contribution >= 4 is 34.1 Å². The van der Waals surface area contributed by atoms with Gasteiger partial charge in [-0.05, 0) is 25.0 Å². The first-order valence-corrected chi connectivity index (χ1v) is 10.4. The molecule has 0 spiro atoms. The average Bonchev–Trinajstić information content (AvgIpc) is 3.03. The number of rotatable bonds is 6. The van der Waals surface area contributed by atoms with Gasteiger partial charge in [-0.3, -0.25) is 14.4 Å². The van der Waals surface area contributed by atoms with Gasteiger partial charge in [-0.15, -0.1) is 11.3 Å². The highest BCUT2D eigenvalue weighted by Crippen LogP contribution is 2.40. The fraction of sp³-hybridized carbons (Fsp3) is 0.381. The third kappa shape index (κ3) is 4.86. The van der Waals surface area contributed by atoms with E-state index in [0.29, 0.717) is 13.0 Å². The molecule has 1 aromatic heterocycles. The summed E-state index contributed by atoms with van der Waals surface area (Å²) >= 11 is 1.19. The van der Waals surface area contributed by atoms with E-state index in [-0.39, 0.29) is 30.3 Å². The van der Waals surface area contributed by atoms with Crippen molar-refractivity contribution in [3.05, 3.63) is 51.9 Å². The van der Waals surface area contributed by atoms with Gasteiger partial charge >= 0.3 is 11.8 Å². The predicted octanol–water partition coefficient (Wildman–Crippen LogP) is 1.66. The van der Waals surface area contributed by atoms with Crippen molar-refractivity contribution in [3.8, 4) is 0 Å². The van der Waals surface area contributed by atoms with Gasteiger partial charge in [-0.1, -0.05) is 30.3 Å². The number of nitrogens with zero attached hydrogens (tertiary/aromatic N) is 1. The maximum Gasteiger partial charge on any atom is 0.314 e. The number of thiophene rings is 1. The van der Waals surface area contributed by atoms with Gasteiger partial charge in [0.15, 0.2) is 0 Å². The van der Waals surface area contributed by atoms with Crippen LogP contribution in [0.5, 0.6) is 0 Å². The third-order valence-corrected chi connectivity index (χ3v) is 5.95. The van der Waals surface area contributed by atoms with E-state index >= 15 is 0 Å². The van der Waals surface area contributed by atoms with Gasteiger partial charge in [-0.2, -0.15) is 0 Å². The zero-order chi connectivity index (χ0) is 21.9. The first-order chi connectivity index (χ1) is 14.2. The lowest BCUT2D eigenvalue weighted by atomic mass is 9.93. The van der Waals surface area contributed by atoms with Crippen molar-refractivity contribution in [1.82, 2.24) is 4.90 Å². The van der Waals surface area contributed by atoms with Crippen LogP contribution in [0, 0.1) is 0 Å². The van der Waals surface area contributed by atoms with E-state index in [4.69, 9.17) is 10.5 Å². The maximum absolute atomic E-state index is 12.7. The van der Waals surface area contributed by atoms with E-state index in [1.807, 2.05) is 44.2 Å². The number of hydrogen-bond acceptors (Lipinski definition) is 6. The van der Waals surface area contributed by atoms with Gasteiger partial charge in [0.05, 0.1) is 24.4 Å². The number of carbonyl (C=O) groups is 3. The van der Waals surface area contributed by atoms with Gasteiger partial charge < -0.3 is 25.8 Å². The van der Waals surface area contributed by atoms with Crippen LogP contribution in [0.15, 0.2) is 30.3 Å². The minimum absolute atomic E-state index is 0.00674. The topological polar surface area (TPSA) is 122 Å². The molecule has 8 nitrogen and oxygen atoms in total. The second kappa shape index (κ2) is 8.95. The zero-order valence-electron chi connectivity index (χ0n) is 16.9. The third-order valence-electron chi connectivity index (χ3n) is 4.83. The van der Waals surface area contributed by atoms with Gasteiger partial charge in [0.2, 0.25) is 0 Å². The van der Waals surface area contributed by atoms with Gasteiger partial charge in [0.1, 0.15) is 5.00 Å². The first kappa shape index (κ1) is 21.9. The number of nitrogens with two attached hydrogens (primary N) is 1. The molecular formula is C21H25N3O5S. The number of amides is 3.